The lowest BCUT2D eigenvalue weighted by atomic mass is 10.2. The zero-order valence-corrected chi connectivity index (χ0v) is 18.8. The number of carbonyl (C=O) groups excluding carboxylic acids is 2. The quantitative estimate of drug-likeness (QED) is 0.472. The van der Waals surface area contributed by atoms with Crippen LogP contribution in [0, 0.1) is 0 Å². The van der Waals surface area contributed by atoms with Crippen LogP contribution in [0.5, 0.6) is 0 Å². The summed E-state index contributed by atoms with van der Waals surface area (Å²) in [7, 11) is -4.01. The molecule has 35 heavy (non-hydrogen) atoms. The van der Waals surface area contributed by atoms with E-state index in [1.807, 2.05) is 0 Å². The van der Waals surface area contributed by atoms with Crippen molar-refractivity contribution in [3.05, 3.63) is 83.3 Å². The average molecular weight is 524 g/mol. The fourth-order valence-electron chi connectivity index (χ4n) is 3.06. The van der Waals surface area contributed by atoms with Crippen molar-refractivity contribution in [3.8, 4) is 0 Å². The van der Waals surface area contributed by atoms with Crippen LogP contribution in [0.2, 0.25) is 0 Å². The van der Waals surface area contributed by atoms with E-state index in [-0.39, 0.29) is 27.9 Å². The molecule has 1 aliphatic rings. The number of sulfonamides is 1. The second-order valence-corrected chi connectivity index (χ2v) is 9.07. The molecule has 4 rings (SSSR count). The Labute approximate surface area is 201 Å². The molecule has 180 valence electrons. The predicted molar refractivity (Wildman–Crippen MR) is 120 cm³/mol. The number of halogens is 4. The van der Waals surface area contributed by atoms with Crippen LogP contribution in [-0.2, 0) is 25.8 Å². The maximum absolute atomic E-state index is 13.0. The molecule has 1 aromatic heterocycles. The molecule has 3 aromatic rings. The Morgan fingerprint density at radius 3 is 2.20 bits per heavy atom. The van der Waals surface area contributed by atoms with Crippen LogP contribution in [0.25, 0.3) is 0 Å². The fraction of sp³-hybridized carbons (Fsp3) is 0.0476. The number of hydrogen-bond donors (Lipinski definition) is 2. The van der Waals surface area contributed by atoms with E-state index in [2.05, 4.69) is 20.0 Å². The summed E-state index contributed by atoms with van der Waals surface area (Å²) in [5.41, 5.74) is -1.53. The maximum atomic E-state index is 13.0. The van der Waals surface area contributed by atoms with Gasteiger partial charge in [0.25, 0.3) is 21.8 Å². The van der Waals surface area contributed by atoms with Gasteiger partial charge in [-0.05, 0) is 48.5 Å². The standard InChI is InChI=1S/C21H13ClF3N5O4S/c22-16-17(19(32)30(18(16)31)14-4-1-3-12(11-14)21(23,24)25)28-13-5-7-15(8-6-13)35(33,34)29-20-26-9-2-10-27-20/h1-11,28H,(H,26,27,29). The van der Waals surface area contributed by atoms with E-state index >= 15 is 0 Å². The van der Waals surface area contributed by atoms with Gasteiger partial charge in [-0.15, -0.1) is 0 Å². The summed E-state index contributed by atoms with van der Waals surface area (Å²) in [6.45, 7) is 0. The van der Waals surface area contributed by atoms with Crippen molar-refractivity contribution in [1.82, 2.24) is 9.97 Å². The number of nitrogens with zero attached hydrogens (tertiary/aromatic N) is 3. The number of nitrogens with one attached hydrogen (secondary N) is 2. The number of imide groups is 1. The number of alkyl halides is 3. The molecule has 0 unspecified atom stereocenters. The van der Waals surface area contributed by atoms with Crippen LogP contribution >= 0.6 is 11.6 Å². The highest BCUT2D eigenvalue weighted by molar-refractivity contribution is 7.92. The molecule has 14 heteroatoms. The lowest BCUT2D eigenvalue weighted by Gasteiger charge is -2.17. The minimum absolute atomic E-state index is 0.128. The molecule has 0 fully saturated rings. The van der Waals surface area contributed by atoms with Gasteiger partial charge in [0.05, 0.1) is 16.1 Å². The fourth-order valence-corrected chi connectivity index (χ4v) is 4.23. The third kappa shape index (κ3) is 4.95. The van der Waals surface area contributed by atoms with Crippen LogP contribution < -0.4 is 14.9 Å². The number of anilines is 3. The molecule has 2 aromatic carbocycles. The molecule has 0 saturated heterocycles. The number of hydrogen-bond acceptors (Lipinski definition) is 7. The van der Waals surface area contributed by atoms with E-state index in [1.165, 1.54) is 48.8 Å². The minimum atomic E-state index is -4.68. The zero-order chi connectivity index (χ0) is 25.4. The molecular formula is C21H13ClF3N5O4S. The highest BCUT2D eigenvalue weighted by Crippen LogP contribution is 2.35. The molecule has 0 aliphatic carbocycles. The van der Waals surface area contributed by atoms with Crippen LogP contribution in [0.15, 0.2) is 82.6 Å². The first-order valence-corrected chi connectivity index (χ1v) is 11.5. The Morgan fingerprint density at radius 2 is 1.57 bits per heavy atom. The second kappa shape index (κ2) is 9.00. The number of carbonyl (C=O) groups is 2. The van der Waals surface area contributed by atoms with Crippen molar-refractivity contribution in [2.45, 2.75) is 11.1 Å². The van der Waals surface area contributed by atoms with Crippen molar-refractivity contribution in [3.63, 3.8) is 0 Å². The Hall–Kier alpha value is -3.97. The summed E-state index contributed by atoms with van der Waals surface area (Å²) < 4.78 is 66.3. The van der Waals surface area contributed by atoms with Gasteiger partial charge in [0, 0.05) is 18.1 Å². The highest BCUT2D eigenvalue weighted by atomic mass is 35.5. The monoisotopic (exact) mass is 523 g/mol. The lowest BCUT2D eigenvalue weighted by Crippen LogP contribution is -2.32. The molecule has 0 spiro atoms. The molecule has 0 saturated carbocycles. The predicted octanol–water partition coefficient (Wildman–Crippen LogP) is 3.73. The summed E-state index contributed by atoms with van der Waals surface area (Å²) in [6.07, 6.45) is -1.96. The molecule has 0 atom stereocenters. The Morgan fingerprint density at radius 1 is 0.914 bits per heavy atom. The summed E-state index contributed by atoms with van der Waals surface area (Å²) in [5, 5.41) is 2.08. The van der Waals surface area contributed by atoms with Gasteiger partial charge in [-0.1, -0.05) is 17.7 Å². The third-order valence-corrected chi connectivity index (χ3v) is 6.38. The van der Waals surface area contributed by atoms with Gasteiger partial charge in [0.15, 0.2) is 0 Å². The largest absolute Gasteiger partial charge is 0.416 e. The topological polar surface area (TPSA) is 121 Å². The van der Waals surface area contributed by atoms with Gasteiger partial charge in [0.2, 0.25) is 5.95 Å². The summed E-state index contributed by atoms with van der Waals surface area (Å²) >= 11 is 6.01. The smallest absolute Gasteiger partial charge is 0.350 e. The van der Waals surface area contributed by atoms with E-state index in [0.29, 0.717) is 11.0 Å². The van der Waals surface area contributed by atoms with Crippen molar-refractivity contribution in [2.75, 3.05) is 14.9 Å². The van der Waals surface area contributed by atoms with Crippen LogP contribution in [0.1, 0.15) is 5.56 Å². The molecular weight excluding hydrogens is 511 g/mol. The summed E-state index contributed by atoms with van der Waals surface area (Å²) in [4.78, 5) is 33.3. The van der Waals surface area contributed by atoms with Crippen molar-refractivity contribution in [2.24, 2.45) is 0 Å². The number of rotatable bonds is 6. The number of benzene rings is 2. The first-order valence-electron chi connectivity index (χ1n) is 9.60. The molecule has 2 heterocycles. The van der Waals surface area contributed by atoms with E-state index in [9.17, 15) is 31.2 Å². The highest BCUT2D eigenvalue weighted by Gasteiger charge is 2.40. The average Bonchev–Trinajstić information content (AvgIpc) is 3.02. The Kier molecular flexibility index (Phi) is 6.21. The van der Waals surface area contributed by atoms with Gasteiger partial charge in [-0.25, -0.2) is 28.0 Å². The van der Waals surface area contributed by atoms with E-state index in [1.54, 1.807) is 0 Å². The second-order valence-electron chi connectivity index (χ2n) is 7.01. The summed E-state index contributed by atoms with van der Waals surface area (Å²) in [5.74, 6) is -2.11. The van der Waals surface area contributed by atoms with Gasteiger partial charge in [-0.2, -0.15) is 13.2 Å². The van der Waals surface area contributed by atoms with E-state index < -0.39 is 38.6 Å². The van der Waals surface area contributed by atoms with Crippen LogP contribution in [-0.4, -0.2) is 30.2 Å². The Balaban J connectivity index is 1.54. The van der Waals surface area contributed by atoms with Crippen molar-refractivity contribution < 1.29 is 31.2 Å². The van der Waals surface area contributed by atoms with Gasteiger partial charge in [-0.3, -0.25) is 9.59 Å². The number of aromatic nitrogens is 2. The normalized spacial score (nSPS) is 14.5. The third-order valence-electron chi connectivity index (χ3n) is 4.68. The van der Waals surface area contributed by atoms with Crippen molar-refractivity contribution >= 4 is 50.8 Å². The molecule has 0 bridgehead atoms. The molecule has 1 aliphatic heterocycles. The molecule has 9 nitrogen and oxygen atoms in total. The lowest BCUT2D eigenvalue weighted by molar-refractivity contribution is -0.137. The van der Waals surface area contributed by atoms with Gasteiger partial charge >= 0.3 is 6.18 Å². The summed E-state index contributed by atoms with van der Waals surface area (Å²) in [6, 6.07) is 10.3. The van der Waals surface area contributed by atoms with Gasteiger partial charge in [0.1, 0.15) is 10.7 Å². The maximum Gasteiger partial charge on any atom is 0.416 e. The van der Waals surface area contributed by atoms with E-state index in [0.717, 1.165) is 12.1 Å². The molecule has 0 radical (unpaired) electrons. The minimum Gasteiger partial charge on any atom is -0.350 e. The molecule has 2 amide bonds. The van der Waals surface area contributed by atoms with Crippen LogP contribution in [0.4, 0.5) is 30.5 Å². The first kappa shape index (κ1) is 24.2. The molecule has 2 N–H and O–H groups in total. The van der Waals surface area contributed by atoms with Gasteiger partial charge < -0.3 is 5.32 Å². The van der Waals surface area contributed by atoms with Crippen molar-refractivity contribution in [1.29, 1.82) is 0 Å². The Bertz CT molecular complexity index is 1450. The zero-order valence-electron chi connectivity index (χ0n) is 17.2. The van der Waals surface area contributed by atoms with E-state index in [4.69, 9.17) is 11.6 Å². The first-order chi connectivity index (χ1) is 16.5. The SMILES string of the molecule is O=C1C(Cl)=C(Nc2ccc(S(=O)(=O)Nc3ncccn3)cc2)C(=O)N1c1cccc(C(F)(F)F)c1. The van der Waals surface area contributed by atoms with Crippen LogP contribution in [0.3, 0.4) is 0 Å². The number of amides is 2.